The minimum Gasteiger partial charge on any atom is -0.308 e. The van der Waals surface area contributed by atoms with Crippen molar-refractivity contribution in [3.8, 4) is 11.5 Å². The Balaban J connectivity index is 1.54. The van der Waals surface area contributed by atoms with Gasteiger partial charge in [-0.1, -0.05) is 60.1 Å². The lowest BCUT2D eigenvalue weighted by Gasteiger charge is -2.31. The number of hydrogen-bond acceptors (Lipinski definition) is 2. The van der Waals surface area contributed by atoms with Gasteiger partial charge in [0, 0.05) is 22.5 Å². The Morgan fingerprint density at radius 2 is 1.61 bits per heavy atom. The van der Waals surface area contributed by atoms with E-state index >= 15 is 0 Å². The second-order valence-corrected chi connectivity index (χ2v) is 9.25. The van der Waals surface area contributed by atoms with Gasteiger partial charge < -0.3 is 14.8 Å². The van der Waals surface area contributed by atoms with Crippen LogP contribution < -0.4 is 5.32 Å². The second-order valence-electron chi connectivity index (χ2n) is 8.82. The first kappa shape index (κ1) is 22.2. The number of nitrogens with zero attached hydrogens (tertiary/aromatic N) is 4. The summed E-state index contributed by atoms with van der Waals surface area (Å²) in [6, 6.07) is 30.9. The molecule has 0 saturated carbocycles. The maximum atomic E-state index is 13.9. The number of anilines is 1. The predicted molar refractivity (Wildman–Crippen MR) is 142 cm³/mol. The van der Waals surface area contributed by atoms with Crippen molar-refractivity contribution in [2.45, 2.75) is 19.5 Å². The normalized spacial score (nSPS) is 14.6. The third kappa shape index (κ3) is 3.85. The maximum Gasteiger partial charge on any atom is 0.322 e. The molecule has 0 radical (unpaired) electrons. The highest BCUT2D eigenvalue weighted by atomic mass is 35.5. The molecule has 1 aliphatic rings. The molecule has 0 unspecified atom stereocenters. The van der Waals surface area contributed by atoms with Crippen molar-refractivity contribution in [1.29, 1.82) is 0 Å². The molecule has 0 saturated heterocycles. The van der Waals surface area contributed by atoms with Crippen LogP contribution in [0.4, 0.5) is 10.5 Å². The Bertz CT molecular complexity index is 1520. The zero-order valence-electron chi connectivity index (χ0n) is 19.7. The van der Waals surface area contributed by atoms with Gasteiger partial charge in [0.1, 0.15) is 5.82 Å². The van der Waals surface area contributed by atoms with Crippen LogP contribution in [0, 0.1) is 6.92 Å². The topological polar surface area (TPSA) is 55.1 Å². The van der Waals surface area contributed by atoms with E-state index in [1.165, 1.54) is 0 Å². The molecular formula is C29H24ClN5O. The Morgan fingerprint density at radius 3 is 2.33 bits per heavy atom. The number of fused-ring (bicyclic) bond motifs is 3. The summed E-state index contributed by atoms with van der Waals surface area (Å²) < 4.78 is 4.11. The molecule has 2 aromatic heterocycles. The number of para-hydroxylation sites is 2. The van der Waals surface area contributed by atoms with Crippen LogP contribution in [0.15, 0.2) is 103 Å². The molecule has 7 heteroatoms. The number of hydrogen-bond donors (Lipinski definition) is 1. The molecular weight excluding hydrogens is 470 g/mol. The van der Waals surface area contributed by atoms with Crippen molar-refractivity contribution < 1.29 is 4.79 Å². The van der Waals surface area contributed by atoms with Gasteiger partial charge in [0.25, 0.3) is 0 Å². The van der Waals surface area contributed by atoms with Crippen molar-refractivity contribution in [3.63, 3.8) is 0 Å². The van der Waals surface area contributed by atoms with Crippen LogP contribution in [0.25, 0.3) is 11.5 Å². The lowest BCUT2D eigenvalue weighted by atomic mass is 10.0. The molecule has 3 aromatic carbocycles. The molecule has 0 fully saturated rings. The van der Waals surface area contributed by atoms with E-state index in [1.807, 2.05) is 114 Å². The van der Waals surface area contributed by atoms with Gasteiger partial charge in [-0.2, -0.15) is 5.10 Å². The van der Waals surface area contributed by atoms with Crippen molar-refractivity contribution in [3.05, 3.63) is 131 Å². The number of carbonyl (C=O) groups excluding carboxylic acids is 1. The summed E-state index contributed by atoms with van der Waals surface area (Å²) in [5.74, 6) is 0.938. The zero-order valence-corrected chi connectivity index (χ0v) is 20.4. The van der Waals surface area contributed by atoms with Gasteiger partial charge >= 0.3 is 6.03 Å². The first-order chi connectivity index (χ1) is 17.6. The van der Waals surface area contributed by atoms with Gasteiger partial charge in [-0.3, -0.25) is 0 Å². The van der Waals surface area contributed by atoms with Crippen LogP contribution >= 0.6 is 11.6 Å². The molecule has 0 spiro atoms. The number of aryl methyl sites for hydroxylation is 1. The summed E-state index contributed by atoms with van der Waals surface area (Å²) in [5, 5.41) is 8.63. The monoisotopic (exact) mass is 493 g/mol. The molecule has 1 N–H and O–H groups in total. The quantitative estimate of drug-likeness (QED) is 0.302. The second kappa shape index (κ2) is 9.06. The van der Waals surface area contributed by atoms with Crippen molar-refractivity contribution in [1.82, 2.24) is 19.2 Å². The van der Waals surface area contributed by atoms with Gasteiger partial charge in [-0.05, 0) is 61.0 Å². The third-order valence-electron chi connectivity index (χ3n) is 6.56. The first-order valence-corrected chi connectivity index (χ1v) is 12.2. The summed E-state index contributed by atoms with van der Waals surface area (Å²) in [7, 11) is 0. The Hall–Kier alpha value is -4.29. The average Bonchev–Trinajstić information content (AvgIpc) is 3.46. The van der Waals surface area contributed by atoms with E-state index < -0.39 is 0 Å². The van der Waals surface area contributed by atoms with Crippen molar-refractivity contribution in [2.24, 2.45) is 0 Å². The van der Waals surface area contributed by atoms with E-state index in [0.717, 1.165) is 39.7 Å². The molecule has 1 atom stereocenters. The van der Waals surface area contributed by atoms with Crippen molar-refractivity contribution >= 4 is 23.3 Å². The summed E-state index contributed by atoms with van der Waals surface area (Å²) >= 11 is 6.22. The molecule has 0 bridgehead atoms. The number of carbonyl (C=O) groups is 1. The largest absolute Gasteiger partial charge is 0.322 e. The molecule has 6 nitrogen and oxygen atoms in total. The average molecular weight is 494 g/mol. The van der Waals surface area contributed by atoms with Gasteiger partial charge in [-0.15, -0.1) is 0 Å². The number of rotatable bonds is 3. The predicted octanol–water partition coefficient (Wildman–Crippen LogP) is 6.76. The first-order valence-electron chi connectivity index (χ1n) is 11.8. The van der Waals surface area contributed by atoms with E-state index in [1.54, 1.807) is 0 Å². The Labute approximate surface area is 214 Å². The van der Waals surface area contributed by atoms with Crippen LogP contribution in [0.1, 0.15) is 28.6 Å². The lowest BCUT2D eigenvalue weighted by molar-refractivity contribution is 0.194. The fourth-order valence-electron chi connectivity index (χ4n) is 4.86. The molecule has 6 rings (SSSR count). The van der Waals surface area contributed by atoms with Gasteiger partial charge in [0.05, 0.1) is 29.7 Å². The number of urea groups is 1. The summed E-state index contributed by atoms with van der Waals surface area (Å²) in [5.41, 5.74) is 5.53. The number of nitrogens with one attached hydrogen (secondary N) is 1. The maximum absolute atomic E-state index is 13.9. The molecule has 1 aliphatic heterocycles. The summed E-state index contributed by atoms with van der Waals surface area (Å²) in [6.45, 7) is 2.39. The van der Waals surface area contributed by atoms with E-state index in [4.69, 9.17) is 16.7 Å². The molecule has 5 aromatic rings. The number of halogens is 1. The van der Waals surface area contributed by atoms with E-state index in [-0.39, 0.29) is 12.1 Å². The van der Waals surface area contributed by atoms with E-state index in [0.29, 0.717) is 11.6 Å². The minimum absolute atomic E-state index is 0.186. The van der Waals surface area contributed by atoms with E-state index in [2.05, 4.69) is 16.0 Å². The van der Waals surface area contributed by atoms with Crippen molar-refractivity contribution in [2.75, 3.05) is 5.32 Å². The minimum atomic E-state index is -0.336. The molecule has 36 heavy (non-hydrogen) atoms. The third-order valence-corrected chi connectivity index (χ3v) is 6.81. The van der Waals surface area contributed by atoms with E-state index in [9.17, 15) is 4.79 Å². The Kier molecular flexibility index (Phi) is 5.58. The molecule has 3 heterocycles. The fraction of sp³-hybridized carbons (Fsp3) is 0.103. The summed E-state index contributed by atoms with van der Waals surface area (Å²) in [6.07, 6.45) is 2.04. The number of benzene rings is 3. The molecule has 178 valence electrons. The van der Waals surface area contributed by atoms with Gasteiger partial charge in [0.2, 0.25) is 0 Å². The van der Waals surface area contributed by atoms with Gasteiger partial charge in [-0.25, -0.2) is 9.48 Å². The highest BCUT2D eigenvalue weighted by Gasteiger charge is 2.36. The smallest absolute Gasteiger partial charge is 0.308 e. The number of aromatic nitrogens is 3. The van der Waals surface area contributed by atoms with Crippen LogP contribution in [-0.2, 0) is 6.54 Å². The van der Waals surface area contributed by atoms with Crippen LogP contribution in [0.5, 0.6) is 0 Å². The highest BCUT2D eigenvalue weighted by molar-refractivity contribution is 6.30. The van der Waals surface area contributed by atoms with Crippen LogP contribution in [0.2, 0.25) is 5.02 Å². The SMILES string of the molecule is Cc1nn(-c2ccccc2)c2c1CN(C(=O)Nc1ccccc1)[C@H](c1ccc(Cl)cc1)c1cccn1-2. The van der Waals surface area contributed by atoms with Crippen LogP contribution in [0.3, 0.4) is 0 Å². The standard InChI is InChI=1S/C29H24ClN5O/c1-20-25-19-34(29(36)31-23-9-4-2-5-10-23)27(21-14-16-22(30)17-15-21)26-13-8-18-33(26)28(25)35(32-20)24-11-6-3-7-12-24/h2-18,27H,19H2,1H3,(H,31,36)/t27-/m1/s1. The lowest BCUT2D eigenvalue weighted by Crippen LogP contribution is -2.38. The van der Waals surface area contributed by atoms with Gasteiger partial charge in [0.15, 0.2) is 0 Å². The summed E-state index contributed by atoms with van der Waals surface area (Å²) in [4.78, 5) is 15.7. The Morgan fingerprint density at radius 1 is 0.917 bits per heavy atom. The zero-order chi connectivity index (χ0) is 24.6. The highest BCUT2D eigenvalue weighted by Crippen LogP contribution is 2.39. The molecule has 2 amide bonds. The molecule has 0 aliphatic carbocycles. The van der Waals surface area contributed by atoms with Crippen LogP contribution in [-0.4, -0.2) is 25.3 Å². The number of amides is 2. The fourth-order valence-corrected chi connectivity index (χ4v) is 4.99.